The fourth-order valence-corrected chi connectivity index (χ4v) is 9.07. The molecule has 7 heterocycles. The van der Waals surface area contributed by atoms with Crippen LogP contribution in [0.5, 0.6) is 11.9 Å². The van der Waals surface area contributed by atoms with Crippen LogP contribution in [-0.2, 0) is 9.47 Å². The van der Waals surface area contributed by atoms with E-state index in [4.69, 9.17) is 39.6 Å². The van der Waals surface area contributed by atoms with Crippen LogP contribution in [0, 0.1) is 11.6 Å². The number of rotatable bonds is 5. The Morgan fingerprint density at radius 1 is 1.04 bits per heavy atom. The number of hydrogen-bond acceptors (Lipinski definition) is 11. The molecular formula is C37H45F2N7O5. The van der Waals surface area contributed by atoms with Gasteiger partial charge in [-0.15, -0.1) is 0 Å². The molecule has 1 aromatic carbocycles. The number of aromatic nitrogens is 3. The third kappa shape index (κ3) is 5.60. The second-order valence-corrected chi connectivity index (χ2v) is 16.0. The lowest BCUT2D eigenvalue weighted by Crippen LogP contribution is -2.65. The second-order valence-electron chi connectivity index (χ2n) is 16.0. The van der Waals surface area contributed by atoms with Crippen molar-refractivity contribution in [1.29, 1.82) is 0 Å². The number of nitrogen functional groups attached to an aromatic ring is 1. The molecule has 1 aliphatic carbocycles. The van der Waals surface area contributed by atoms with Crippen LogP contribution in [0.4, 0.5) is 25.1 Å². The van der Waals surface area contributed by atoms with Crippen molar-refractivity contribution in [2.24, 2.45) is 0 Å². The molecule has 5 aliphatic heterocycles. The van der Waals surface area contributed by atoms with E-state index in [9.17, 15) is 4.79 Å². The number of nitrogens with zero attached hydrogens (tertiary/aromatic N) is 6. The number of hydrogen-bond donors (Lipinski definition) is 1. The average molecular weight is 706 g/mol. The standard InChI is InChI=1S/C37H45F2N7O5/c1-18-32-26-10-9-21(46(26)36(47)51-37(2,3)4)15-45(32)33-27-31(42-35(43-33)49-17-23-8-7-22-16-48-12-11-44(22)23)29(39)30(41-34(27)50-18)20-13-24(19-5-6-19)28(38)25(40)14-20/h13-14,18-19,21-23,26,32H,5-12,15-17,40H2,1-4H3/t18-,21+,22-,23-,26-,32+/m0/s1. The molecule has 0 radical (unpaired) electrons. The molecule has 1 amide bonds. The number of nitrogens with two attached hydrogens (primary N) is 1. The molecule has 6 atom stereocenters. The maximum atomic E-state index is 17.0. The predicted octanol–water partition coefficient (Wildman–Crippen LogP) is 5.41. The van der Waals surface area contributed by atoms with E-state index in [-0.39, 0.29) is 65.0 Å². The van der Waals surface area contributed by atoms with Crippen LogP contribution in [-0.4, -0.2) is 106 Å². The summed E-state index contributed by atoms with van der Waals surface area (Å²) in [6.07, 6.45) is 4.38. The van der Waals surface area contributed by atoms with E-state index in [1.165, 1.54) is 6.07 Å². The van der Waals surface area contributed by atoms with Gasteiger partial charge in [-0.1, -0.05) is 0 Å². The summed E-state index contributed by atoms with van der Waals surface area (Å²) in [7, 11) is 0. The minimum Gasteiger partial charge on any atom is -0.472 e. The smallest absolute Gasteiger partial charge is 0.410 e. The fraction of sp³-hybridized carbons (Fsp3) is 0.622. The number of benzene rings is 1. The molecule has 4 saturated heterocycles. The Bertz CT molecular complexity index is 1900. The monoisotopic (exact) mass is 705 g/mol. The van der Waals surface area contributed by atoms with Crippen molar-refractivity contribution in [2.75, 3.05) is 43.5 Å². The van der Waals surface area contributed by atoms with E-state index in [1.54, 1.807) is 6.07 Å². The van der Waals surface area contributed by atoms with Crippen molar-refractivity contribution in [1.82, 2.24) is 24.8 Å². The number of ether oxygens (including phenoxy) is 4. The largest absolute Gasteiger partial charge is 0.472 e. The number of piperazine rings is 1. The van der Waals surface area contributed by atoms with Gasteiger partial charge in [0.2, 0.25) is 5.88 Å². The molecule has 2 N–H and O–H groups in total. The Hall–Kier alpha value is -4.04. The summed E-state index contributed by atoms with van der Waals surface area (Å²) < 4.78 is 56.7. The Labute approximate surface area is 295 Å². The van der Waals surface area contributed by atoms with Crippen molar-refractivity contribution in [3.63, 3.8) is 0 Å². The SMILES string of the molecule is C[C@@H]1Oc2nc(-c3cc(N)c(F)c(C4CC4)c3)c(F)c3nc(OC[C@@H]4CC[C@H]5COCCN54)nc(c23)N2C[C@H]3CC[C@@H]([C@@H]12)N3C(=O)OC(C)(C)C. The van der Waals surface area contributed by atoms with Crippen LogP contribution in [0.2, 0.25) is 0 Å². The number of carbonyl (C=O) groups is 1. The first-order chi connectivity index (χ1) is 24.4. The molecule has 5 fully saturated rings. The van der Waals surface area contributed by atoms with Gasteiger partial charge in [-0.25, -0.2) is 18.6 Å². The van der Waals surface area contributed by atoms with Crippen molar-refractivity contribution in [3.05, 3.63) is 29.3 Å². The Balaban J connectivity index is 1.15. The van der Waals surface area contributed by atoms with Gasteiger partial charge in [-0.05, 0) is 89.8 Å². The molecule has 2 bridgehead atoms. The number of morpholine rings is 1. The highest BCUT2D eigenvalue weighted by molar-refractivity contribution is 5.97. The predicted molar refractivity (Wildman–Crippen MR) is 185 cm³/mol. The van der Waals surface area contributed by atoms with Gasteiger partial charge in [0.25, 0.3) is 0 Å². The second kappa shape index (κ2) is 12.0. The van der Waals surface area contributed by atoms with Gasteiger partial charge in [-0.3, -0.25) is 9.80 Å². The zero-order valence-electron chi connectivity index (χ0n) is 29.5. The molecule has 0 spiro atoms. The number of carbonyl (C=O) groups excluding carboxylic acids is 1. The molecule has 3 aromatic rings. The van der Waals surface area contributed by atoms with Crippen LogP contribution >= 0.6 is 0 Å². The Morgan fingerprint density at radius 2 is 1.84 bits per heavy atom. The lowest BCUT2D eigenvalue weighted by molar-refractivity contribution is -0.0101. The highest BCUT2D eigenvalue weighted by atomic mass is 19.1. The number of anilines is 2. The molecule has 272 valence electrons. The third-order valence-corrected chi connectivity index (χ3v) is 11.5. The maximum absolute atomic E-state index is 17.0. The zero-order chi connectivity index (χ0) is 35.3. The van der Waals surface area contributed by atoms with Gasteiger partial charge in [-0.2, -0.15) is 9.97 Å². The molecule has 6 aliphatic rings. The van der Waals surface area contributed by atoms with Crippen LogP contribution in [0.3, 0.4) is 0 Å². The fourth-order valence-electron chi connectivity index (χ4n) is 9.07. The first-order valence-corrected chi connectivity index (χ1v) is 18.4. The van der Waals surface area contributed by atoms with Crippen molar-refractivity contribution < 1.29 is 32.5 Å². The lowest BCUT2D eigenvalue weighted by Gasteiger charge is -2.48. The minimum absolute atomic E-state index is 0.0105. The summed E-state index contributed by atoms with van der Waals surface area (Å²) in [5.41, 5.74) is 6.23. The molecular weight excluding hydrogens is 660 g/mol. The van der Waals surface area contributed by atoms with E-state index >= 15 is 8.78 Å². The van der Waals surface area contributed by atoms with Crippen molar-refractivity contribution in [3.8, 4) is 23.1 Å². The Kier molecular flexibility index (Phi) is 7.73. The van der Waals surface area contributed by atoms with Crippen LogP contribution in [0.15, 0.2) is 12.1 Å². The van der Waals surface area contributed by atoms with Crippen LogP contribution in [0.25, 0.3) is 22.2 Å². The number of halogens is 2. The average Bonchev–Trinajstić information content (AvgIpc) is 3.80. The summed E-state index contributed by atoms with van der Waals surface area (Å²) in [6.45, 7) is 10.5. The van der Waals surface area contributed by atoms with E-state index in [0.717, 1.165) is 45.1 Å². The van der Waals surface area contributed by atoms with Gasteiger partial charge in [0, 0.05) is 30.7 Å². The van der Waals surface area contributed by atoms with E-state index in [2.05, 4.69) is 9.80 Å². The highest BCUT2D eigenvalue weighted by Gasteiger charge is 2.54. The summed E-state index contributed by atoms with van der Waals surface area (Å²) in [4.78, 5) is 34.4. The normalized spacial score (nSPS) is 28.7. The maximum Gasteiger partial charge on any atom is 0.410 e. The number of amides is 1. The van der Waals surface area contributed by atoms with Crippen LogP contribution in [0.1, 0.15) is 77.7 Å². The quantitative estimate of drug-likeness (QED) is 0.343. The number of fused-ring (bicyclic) bond motifs is 6. The molecule has 51 heavy (non-hydrogen) atoms. The lowest BCUT2D eigenvalue weighted by atomic mass is 9.98. The molecule has 9 rings (SSSR count). The summed E-state index contributed by atoms with van der Waals surface area (Å²) >= 11 is 0. The summed E-state index contributed by atoms with van der Waals surface area (Å²) in [6, 6.07) is 2.94. The molecule has 2 aromatic heterocycles. The van der Waals surface area contributed by atoms with Crippen molar-refractivity contribution in [2.45, 2.75) is 114 Å². The molecule has 14 heteroatoms. The summed E-state index contributed by atoms with van der Waals surface area (Å²) in [5, 5.41) is 0.342. The van der Waals surface area contributed by atoms with E-state index in [1.807, 2.05) is 32.6 Å². The third-order valence-electron chi connectivity index (χ3n) is 11.5. The van der Waals surface area contributed by atoms with Gasteiger partial charge in [0.05, 0.1) is 37.0 Å². The topological polar surface area (TPSA) is 128 Å². The minimum atomic E-state index is -0.686. The number of pyridine rings is 1. The summed E-state index contributed by atoms with van der Waals surface area (Å²) in [5.74, 6) is -0.474. The first kappa shape index (κ1) is 32.8. The van der Waals surface area contributed by atoms with Gasteiger partial charge >= 0.3 is 12.1 Å². The molecule has 12 nitrogen and oxygen atoms in total. The molecule has 1 saturated carbocycles. The van der Waals surface area contributed by atoms with Crippen LogP contribution < -0.4 is 20.1 Å². The van der Waals surface area contributed by atoms with Crippen molar-refractivity contribution >= 4 is 28.5 Å². The van der Waals surface area contributed by atoms with Gasteiger partial charge < -0.3 is 29.6 Å². The first-order valence-electron chi connectivity index (χ1n) is 18.4. The Morgan fingerprint density at radius 3 is 2.63 bits per heavy atom. The van der Waals surface area contributed by atoms with Gasteiger partial charge in [0.1, 0.15) is 46.5 Å². The van der Waals surface area contributed by atoms with Gasteiger partial charge in [0.15, 0.2) is 5.82 Å². The van der Waals surface area contributed by atoms with E-state index < -0.39 is 23.3 Å². The van der Waals surface area contributed by atoms with E-state index in [0.29, 0.717) is 54.7 Å². The highest BCUT2D eigenvalue weighted by Crippen LogP contribution is 2.48. The zero-order valence-corrected chi connectivity index (χ0v) is 29.5. The molecule has 0 unspecified atom stereocenters.